The lowest BCUT2D eigenvalue weighted by atomic mass is 10.0. The van der Waals surface area contributed by atoms with Crippen LogP contribution in [0.3, 0.4) is 0 Å². The van der Waals surface area contributed by atoms with E-state index in [2.05, 4.69) is 21.2 Å². The maximum atomic E-state index is 12.0. The summed E-state index contributed by atoms with van der Waals surface area (Å²) in [6.45, 7) is 0.100. The standard InChI is InChI=1S/C17H15BrClNO4/c18-14-7-6-12(19)8-13(14)15(9-16(21)22)20-17(23)24-10-11-4-2-1-3-5-11/h1-8,15H,9-10H2,(H,20,23)(H,21,22)/t15-/m0/s1. The Kier molecular flexibility index (Phi) is 6.63. The van der Waals surface area contributed by atoms with Crippen LogP contribution in [0.15, 0.2) is 53.0 Å². The van der Waals surface area contributed by atoms with Gasteiger partial charge < -0.3 is 15.2 Å². The molecular formula is C17H15BrClNO4. The minimum absolute atomic E-state index is 0.100. The number of carboxylic acid groups (broad SMARTS) is 1. The van der Waals surface area contributed by atoms with Gasteiger partial charge in [-0.2, -0.15) is 0 Å². The van der Waals surface area contributed by atoms with E-state index >= 15 is 0 Å². The smallest absolute Gasteiger partial charge is 0.407 e. The predicted octanol–water partition coefficient (Wildman–Crippen LogP) is 4.54. The summed E-state index contributed by atoms with van der Waals surface area (Å²) in [6, 6.07) is 13.4. The number of hydrogen-bond donors (Lipinski definition) is 2. The number of amides is 1. The summed E-state index contributed by atoms with van der Waals surface area (Å²) in [4.78, 5) is 23.1. The van der Waals surface area contributed by atoms with E-state index in [1.54, 1.807) is 18.2 Å². The molecule has 2 aromatic rings. The highest BCUT2D eigenvalue weighted by Crippen LogP contribution is 2.28. The predicted molar refractivity (Wildman–Crippen MR) is 93.9 cm³/mol. The fourth-order valence-corrected chi connectivity index (χ4v) is 2.81. The molecule has 0 unspecified atom stereocenters. The molecule has 2 N–H and O–H groups in total. The molecule has 0 bridgehead atoms. The van der Waals surface area contributed by atoms with E-state index in [1.165, 1.54) is 0 Å². The average molecular weight is 413 g/mol. The number of carboxylic acids is 1. The summed E-state index contributed by atoms with van der Waals surface area (Å²) in [6.07, 6.45) is -0.990. The van der Waals surface area contributed by atoms with Crippen LogP contribution in [0.2, 0.25) is 5.02 Å². The zero-order chi connectivity index (χ0) is 17.5. The fourth-order valence-electron chi connectivity index (χ4n) is 2.10. The van der Waals surface area contributed by atoms with Gasteiger partial charge in [0.1, 0.15) is 6.61 Å². The van der Waals surface area contributed by atoms with Crippen molar-refractivity contribution >= 4 is 39.6 Å². The summed E-state index contributed by atoms with van der Waals surface area (Å²) in [5, 5.41) is 12.1. The van der Waals surface area contributed by atoms with Crippen LogP contribution in [-0.4, -0.2) is 17.2 Å². The summed E-state index contributed by atoms with van der Waals surface area (Å²) >= 11 is 9.31. The summed E-state index contributed by atoms with van der Waals surface area (Å²) in [5.41, 5.74) is 1.41. The first-order valence-electron chi connectivity index (χ1n) is 7.09. The molecule has 24 heavy (non-hydrogen) atoms. The van der Waals surface area contributed by atoms with E-state index in [0.717, 1.165) is 5.56 Å². The van der Waals surface area contributed by atoms with Crippen molar-refractivity contribution in [2.75, 3.05) is 0 Å². The van der Waals surface area contributed by atoms with Crippen LogP contribution in [0.25, 0.3) is 0 Å². The van der Waals surface area contributed by atoms with Crippen LogP contribution in [0.4, 0.5) is 4.79 Å². The van der Waals surface area contributed by atoms with Gasteiger partial charge in [-0.3, -0.25) is 4.79 Å². The molecule has 7 heteroatoms. The van der Waals surface area contributed by atoms with Crippen LogP contribution in [0, 0.1) is 0 Å². The van der Waals surface area contributed by atoms with Gasteiger partial charge in [-0.15, -0.1) is 0 Å². The Balaban J connectivity index is 2.06. The van der Waals surface area contributed by atoms with E-state index in [4.69, 9.17) is 21.4 Å². The highest BCUT2D eigenvalue weighted by Gasteiger charge is 2.21. The second kappa shape index (κ2) is 8.70. The summed E-state index contributed by atoms with van der Waals surface area (Å²) in [5.74, 6) is -1.05. The monoisotopic (exact) mass is 411 g/mol. The summed E-state index contributed by atoms with van der Waals surface area (Å²) < 4.78 is 5.79. The molecule has 0 saturated heterocycles. The number of rotatable bonds is 6. The molecule has 5 nitrogen and oxygen atoms in total. The van der Waals surface area contributed by atoms with Crippen molar-refractivity contribution in [1.29, 1.82) is 0 Å². The molecule has 0 fully saturated rings. The van der Waals surface area contributed by atoms with Gasteiger partial charge in [0.05, 0.1) is 12.5 Å². The number of benzene rings is 2. The van der Waals surface area contributed by atoms with Crippen molar-refractivity contribution in [3.63, 3.8) is 0 Å². The number of carbonyl (C=O) groups excluding carboxylic acids is 1. The molecular weight excluding hydrogens is 398 g/mol. The fraction of sp³-hybridized carbons (Fsp3) is 0.176. The van der Waals surface area contributed by atoms with Crippen molar-refractivity contribution in [2.24, 2.45) is 0 Å². The average Bonchev–Trinajstić information content (AvgIpc) is 2.55. The van der Waals surface area contributed by atoms with Crippen LogP contribution in [0.1, 0.15) is 23.6 Å². The van der Waals surface area contributed by atoms with Gasteiger partial charge in [0, 0.05) is 9.50 Å². The molecule has 0 aromatic heterocycles. The highest BCUT2D eigenvalue weighted by molar-refractivity contribution is 9.10. The molecule has 0 heterocycles. The summed E-state index contributed by atoms with van der Waals surface area (Å²) in [7, 11) is 0. The lowest BCUT2D eigenvalue weighted by Crippen LogP contribution is -2.31. The van der Waals surface area contributed by atoms with Gasteiger partial charge in [0.2, 0.25) is 0 Å². The first kappa shape index (κ1) is 18.3. The van der Waals surface area contributed by atoms with E-state index in [0.29, 0.717) is 15.1 Å². The molecule has 126 valence electrons. The van der Waals surface area contributed by atoms with Crippen molar-refractivity contribution < 1.29 is 19.4 Å². The highest BCUT2D eigenvalue weighted by atomic mass is 79.9. The minimum atomic E-state index is -1.05. The normalized spacial score (nSPS) is 11.6. The second-order valence-electron chi connectivity index (χ2n) is 5.02. The van der Waals surface area contributed by atoms with Crippen molar-refractivity contribution in [3.8, 4) is 0 Å². The second-order valence-corrected chi connectivity index (χ2v) is 6.31. The molecule has 0 aliphatic rings. The lowest BCUT2D eigenvalue weighted by Gasteiger charge is -2.19. The minimum Gasteiger partial charge on any atom is -0.481 e. The number of alkyl carbamates (subject to hydrolysis) is 1. The maximum absolute atomic E-state index is 12.0. The molecule has 0 radical (unpaired) electrons. The molecule has 2 rings (SSSR count). The van der Waals surface area contributed by atoms with E-state index in [9.17, 15) is 9.59 Å². The Morgan fingerprint density at radius 3 is 2.58 bits per heavy atom. The number of halogens is 2. The lowest BCUT2D eigenvalue weighted by molar-refractivity contribution is -0.137. The van der Waals surface area contributed by atoms with Crippen molar-refractivity contribution in [3.05, 3.63) is 69.2 Å². The SMILES string of the molecule is O=C(O)C[C@H](NC(=O)OCc1ccccc1)c1cc(Cl)ccc1Br. The van der Waals surface area contributed by atoms with Crippen LogP contribution >= 0.6 is 27.5 Å². The Morgan fingerprint density at radius 2 is 1.92 bits per heavy atom. The zero-order valence-electron chi connectivity index (χ0n) is 12.5. The van der Waals surface area contributed by atoms with Crippen molar-refractivity contribution in [2.45, 2.75) is 19.1 Å². The van der Waals surface area contributed by atoms with Gasteiger partial charge >= 0.3 is 12.1 Å². The van der Waals surface area contributed by atoms with Gasteiger partial charge in [-0.1, -0.05) is 57.9 Å². The van der Waals surface area contributed by atoms with Crippen LogP contribution < -0.4 is 5.32 Å². The van der Waals surface area contributed by atoms with Gasteiger partial charge in [-0.25, -0.2) is 4.79 Å². The molecule has 1 atom stereocenters. The molecule has 0 aliphatic heterocycles. The van der Waals surface area contributed by atoms with E-state index < -0.39 is 18.1 Å². The molecule has 0 aliphatic carbocycles. The zero-order valence-corrected chi connectivity index (χ0v) is 14.9. The Morgan fingerprint density at radius 1 is 1.21 bits per heavy atom. The number of aliphatic carboxylic acids is 1. The number of carbonyl (C=O) groups is 2. The largest absolute Gasteiger partial charge is 0.481 e. The number of nitrogens with one attached hydrogen (secondary N) is 1. The molecule has 1 amide bonds. The molecule has 2 aromatic carbocycles. The first-order chi connectivity index (χ1) is 11.5. The van der Waals surface area contributed by atoms with Gasteiger partial charge in [-0.05, 0) is 29.3 Å². The van der Waals surface area contributed by atoms with Crippen molar-refractivity contribution in [1.82, 2.24) is 5.32 Å². The van der Waals surface area contributed by atoms with Crippen LogP contribution in [0.5, 0.6) is 0 Å². The van der Waals surface area contributed by atoms with E-state index in [-0.39, 0.29) is 13.0 Å². The molecule has 0 saturated carbocycles. The number of ether oxygens (including phenoxy) is 1. The third-order valence-corrected chi connectivity index (χ3v) is 4.17. The van der Waals surface area contributed by atoms with E-state index in [1.807, 2.05) is 30.3 Å². The third kappa shape index (κ3) is 5.54. The third-order valence-electron chi connectivity index (χ3n) is 3.22. The maximum Gasteiger partial charge on any atom is 0.407 e. The van der Waals surface area contributed by atoms with Gasteiger partial charge in [0.15, 0.2) is 0 Å². The topological polar surface area (TPSA) is 75.6 Å². The Labute approximate surface area is 152 Å². The van der Waals surface area contributed by atoms with Gasteiger partial charge in [0.25, 0.3) is 0 Å². The molecule has 0 spiro atoms. The first-order valence-corrected chi connectivity index (χ1v) is 8.27. The Hall–Kier alpha value is -2.05. The van der Waals surface area contributed by atoms with Crippen LogP contribution in [-0.2, 0) is 16.1 Å². The quantitative estimate of drug-likeness (QED) is 0.730. The number of hydrogen-bond acceptors (Lipinski definition) is 3. The Bertz CT molecular complexity index is 724.